The van der Waals surface area contributed by atoms with Gasteiger partial charge in [0.05, 0.1) is 12.8 Å². The zero-order valence-corrected chi connectivity index (χ0v) is 13.9. The van der Waals surface area contributed by atoms with E-state index in [2.05, 4.69) is 10.3 Å². The largest absolute Gasteiger partial charge is 0.467 e. The zero-order valence-electron chi connectivity index (χ0n) is 13.9. The fourth-order valence-corrected chi connectivity index (χ4v) is 2.49. The Hall–Kier alpha value is -3.15. The molecule has 1 N–H and O–H groups in total. The molecule has 128 valence electrons. The molecule has 25 heavy (non-hydrogen) atoms. The number of carbonyl (C=O) groups is 1. The standard InChI is InChI=1S/C19H19N3O3/c1-2-15-11-18(24)22(19(21-15)14-7-4-3-5-8-14)13-17(23)20-12-16-9-6-10-25-16/h3-11H,2,12-13H2,1H3,(H,20,23). The van der Waals surface area contributed by atoms with Crippen LogP contribution in [0.3, 0.4) is 0 Å². The van der Waals surface area contributed by atoms with E-state index < -0.39 is 0 Å². The molecular weight excluding hydrogens is 318 g/mol. The van der Waals surface area contributed by atoms with E-state index in [0.29, 0.717) is 23.7 Å². The second-order valence-corrected chi connectivity index (χ2v) is 5.57. The van der Waals surface area contributed by atoms with Gasteiger partial charge in [0.2, 0.25) is 5.91 Å². The number of nitrogens with zero attached hydrogens (tertiary/aromatic N) is 2. The van der Waals surface area contributed by atoms with Gasteiger partial charge in [-0.25, -0.2) is 4.98 Å². The molecule has 0 aliphatic rings. The van der Waals surface area contributed by atoms with Crippen LogP contribution < -0.4 is 10.9 Å². The number of hydrogen-bond donors (Lipinski definition) is 1. The number of amides is 1. The molecule has 0 radical (unpaired) electrons. The third-order valence-electron chi connectivity index (χ3n) is 3.80. The summed E-state index contributed by atoms with van der Waals surface area (Å²) < 4.78 is 6.58. The lowest BCUT2D eigenvalue weighted by Gasteiger charge is -2.13. The van der Waals surface area contributed by atoms with Gasteiger partial charge in [-0.15, -0.1) is 0 Å². The van der Waals surface area contributed by atoms with Gasteiger partial charge in [-0.1, -0.05) is 37.3 Å². The van der Waals surface area contributed by atoms with Gasteiger partial charge < -0.3 is 9.73 Å². The molecule has 2 aromatic heterocycles. The first-order valence-electron chi connectivity index (χ1n) is 8.12. The van der Waals surface area contributed by atoms with Crippen molar-refractivity contribution in [3.05, 3.63) is 76.6 Å². The minimum Gasteiger partial charge on any atom is -0.467 e. The number of furan rings is 1. The Morgan fingerprint density at radius 1 is 1.20 bits per heavy atom. The maximum atomic E-state index is 12.5. The quantitative estimate of drug-likeness (QED) is 0.749. The average Bonchev–Trinajstić information content (AvgIpc) is 3.16. The van der Waals surface area contributed by atoms with E-state index in [1.807, 2.05) is 37.3 Å². The predicted molar refractivity (Wildman–Crippen MR) is 93.9 cm³/mol. The highest BCUT2D eigenvalue weighted by Gasteiger charge is 2.13. The highest BCUT2D eigenvalue weighted by molar-refractivity contribution is 5.76. The van der Waals surface area contributed by atoms with Gasteiger partial charge in [0, 0.05) is 17.3 Å². The molecule has 0 aliphatic heterocycles. The van der Waals surface area contributed by atoms with Gasteiger partial charge in [-0.05, 0) is 18.6 Å². The highest BCUT2D eigenvalue weighted by Crippen LogP contribution is 2.15. The minimum absolute atomic E-state index is 0.0965. The van der Waals surface area contributed by atoms with E-state index in [0.717, 1.165) is 5.56 Å². The van der Waals surface area contributed by atoms with Crippen molar-refractivity contribution in [2.24, 2.45) is 0 Å². The fraction of sp³-hybridized carbons (Fsp3) is 0.211. The van der Waals surface area contributed by atoms with Crippen LogP contribution in [0.5, 0.6) is 0 Å². The molecule has 3 rings (SSSR count). The fourth-order valence-electron chi connectivity index (χ4n) is 2.49. The van der Waals surface area contributed by atoms with Crippen molar-refractivity contribution < 1.29 is 9.21 Å². The first-order chi connectivity index (χ1) is 12.2. The van der Waals surface area contributed by atoms with Gasteiger partial charge >= 0.3 is 0 Å². The first kappa shape index (κ1) is 16.7. The molecule has 0 unspecified atom stereocenters. The lowest BCUT2D eigenvalue weighted by molar-refractivity contribution is -0.121. The monoisotopic (exact) mass is 337 g/mol. The number of nitrogens with one attached hydrogen (secondary N) is 1. The Balaban J connectivity index is 1.87. The Kier molecular flexibility index (Phi) is 5.09. The SMILES string of the molecule is CCc1cc(=O)n(CC(=O)NCc2ccco2)c(-c2ccccc2)n1. The summed E-state index contributed by atoms with van der Waals surface area (Å²) in [5.41, 5.74) is 1.27. The summed E-state index contributed by atoms with van der Waals surface area (Å²) in [5, 5.41) is 2.75. The normalized spacial score (nSPS) is 10.6. The van der Waals surface area contributed by atoms with Crippen molar-refractivity contribution in [2.45, 2.75) is 26.4 Å². The maximum absolute atomic E-state index is 12.5. The van der Waals surface area contributed by atoms with Crippen LogP contribution in [0.2, 0.25) is 0 Å². The Morgan fingerprint density at radius 2 is 2.00 bits per heavy atom. The predicted octanol–water partition coefficient (Wildman–Crippen LogP) is 2.38. The second kappa shape index (κ2) is 7.61. The molecule has 3 aromatic rings. The topological polar surface area (TPSA) is 77.1 Å². The molecule has 2 heterocycles. The number of aromatic nitrogens is 2. The van der Waals surface area contributed by atoms with E-state index >= 15 is 0 Å². The molecule has 1 aromatic carbocycles. The van der Waals surface area contributed by atoms with Crippen molar-refractivity contribution in [3.63, 3.8) is 0 Å². The molecule has 0 aliphatic carbocycles. The van der Waals surface area contributed by atoms with Crippen molar-refractivity contribution in [1.82, 2.24) is 14.9 Å². The third kappa shape index (κ3) is 4.03. The van der Waals surface area contributed by atoms with Gasteiger partial charge in [0.25, 0.3) is 5.56 Å². The minimum atomic E-state index is -0.276. The van der Waals surface area contributed by atoms with Gasteiger partial charge in [-0.3, -0.25) is 14.2 Å². The van der Waals surface area contributed by atoms with Crippen LogP contribution in [0.25, 0.3) is 11.4 Å². The third-order valence-corrected chi connectivity index (χ3v) is 3.80. The van der Waals surface area contributed by atoms with Crippen LogP contribution in [0.4, 0.5) is 0 Å². The second-order valence-electron chi connectivity index (χ2n) is 5.57. The van der Waals surface area contributed by atoms with Crippen molar-refractivity contribution >= 4 is 5.91 Å². The van der Waals surface area contributed by atoms with Crippen molar-refractivity contribution in [1.29, 1.82) is 0 Å². The van der Waals surface area contributed by atoms with Gasteiger partial charge in [-0.2, -0.15) is 0 Å². The molecule has 6 heteroatoms. The van der Waals surface area contributed by atoms with Crippen molar-refractivity contribution in [2.75, 3.05) is 0 Å². The lowest BCUT2D eigenvalue weighted by atomic mass is 10.2. The smallest absolute Gasteiger partial charge is 0.254 e. The van der Waals surface area contributed by atoms with E-state index in [1.165, 1.54) is 10.6 Å². The number of rotatable bonds is 6. The molecule has 6 nitrogen and oxygen atoms in total. The lowest BCUT2D eigenvalue weighted by Crippen LogP contribution is -2.33. The molecule has 0 saturated heterocycles. The van der Waals surface area contributed by atoms with Crippen LogP contribution in [0.15, 0.2) is 64.0 Å². The summed E-state index contributed by atoms with van der Waals surface area (Å²) in [5.74, 6) is 0.878. The average molecular weight is 337 g/mol. The van der Waals surface area contributed by atoms with Crippen molar-refractivity contribution in [3.8, 4) is 11.4 Å². The Bertz CT molecular complexity index is 899. The van der Waals surface area contributed by atoms with Gasteiger partial charge in [0.15, 0.2) is 0 Å². The number of benzene rings is 1. The number of aryl methyl sites for hydroxylation is 1. The maximum Gasteiger partial charge on any atom is 0.254 e. The summed E-state index contributed by atoms with van der Waals surface area (Å²) in [4.78, 5) is 29.3. The van der Waals surface area contributed by atoms with E-state index in [4.69, 9.17) is 4.42 Å². The molecule has 0 saturated carbocycles. The van der Waals surface area contributed by atoms with Crippen LogP contribution in [-0.4, -0.2) is 15.5 Å². The Morgan fingerprint density at radius 3 is 2.68 bits per heavy atom. The summed E-state index contributed by atoms with van der Waals surface area (Å²) in [6.45, 7) is 2.12. The van der Waals surface area contributed by atoms with E-state index in [1.54, 1.807) is 18.4 Å². The molecule has 0 atom stereocenters. The van der Waals surface area contributed by atoms with Crippen LogP contribution in [0.1, 0.15) is 18.4 Å². The molecule has 1 amide bonds. The van der Waals surface area contributed by atoms with Crippen LogP contribution >= 0.6 is 0 Å². The summed E-state index contributed by atoms with van der Waals surface area (Å²) in [7, 11) is 0. The van der Waals surface area contributed by atoms with Crippen LogP contribution in [0, 0.1) is 0 Å². The summed E-state index contributed by atoms with van der Waals surface area (Å²) in [6.07, 6.45) is 2.20. The number of carbonyl (C=O) groups excluding carboxylic acids is 1. The van der Waals surface area contributed by atoms with E-state index in [9.17, 15) is 9.59 Å². The molecular formula is C19H19N3O3. The van der Waals surface area contributed by atoms with Crippen LogP contribution in [-0.2, 0) is 24.3 Å². The summed E-state index contributed by atoms with van der Waals surface area (Å²) >= 11 is 0. The molecule has 0 fully saturated rings. The van der Waals surface area contributed by atoms with E-state index in [-0.39, 0.29) is 24.6 Å². The molecule has 0 spiro atoms. The highest BCUT2D eigenvalue weighted by atomic mass is 16.3. The zero-order chi connectivity index (χ0) is 17.6. The van der Waals surface area contributed by atoms with Gasteiger partial charge in [0.1, 0.15) is 18.1 Å². The summed E-state index contributed by atoms with van der Waals surface area (Å²) in [6, 6.07) is 14.4. The number of hydrogen-bond acceptors (Lipinski definition) is 4. The molecule has 0 bridgehead atoms. The Labute approximate surface area is 145 Å². The first-order valence-corrected chi connectivity index (χ1v) is 8.12.